The van der Waals surface area contributed by atoms with Crippen molar-refractivity contribution in [2.24, 2.45) is 0 Å². The molecule has 0 aliphatic carbocycles. The van der Waals surface area contributed by atoms with Crippen molar-refractivity contribution in [3.8, 4) is 11.4 Å². The fourth-order valence-electron chi connectivity index (χ4n) is 1.03. The minimum absolute atomic E-state index is 0.915. The zero-order valence-corrected chi connectivity index (χ0v) is 12.1. The summed E-state index contributed by atoms with van der Waals surface area (Å²) in [5.74, 6) is 0. The molecule has 2 heterocycles. The molecule has 0 saturated carbocycles. The van der Waals surface area contributed by atoms with Gasteiger partial charge in [0.05, 0.1) is 41.2 Å². The van der Waals surface area contributed by atoms with Gasteiger partial charge in [-0.1, -0.05) is 12.1 Å². The molecular formula is C10H10Cl2N2O8. The normalized spacial score (nSPS) is 10.7. The molecule has 0 radical (unpaired) electrons. The third kappa shape index (κ3) is 16.6. The summed E-state index contributed by atoms with van der Waals surface area (Å²) in [6.07, 6.45) is 3.54. The molecule has 0 spiro atoms. The Morgan fingerprint density at radius 2 is 0.909 bits per heavy atom. The molecule has 0 aromatic carbocycles. The van der Waals surface area contributed by atoms with Crippen LogP contribution in [-0.4, -0.2) is 19.3 Å². The molecule has 0 saturated heterocycles. The number of pyridine rings is 2. The molecule has 0 bridgehead atoms. The molecule has 0 atom stereocenters. The standard InChI is InChI=1S/C10H8N2.2ClHO4/c1-3-7-11-9(5-1)10-6-2-4-8-12-10;2*2-1(3,4)5/h1-8H;2*(H,2,3,4,5). The Morgan fingerprint density at radius 3 is 1.09 bits per heavy atom. The molecule has 0 aliphatic heterocycles. The van der Waals surface area contributed by atoms with Crippen LogP contribution in [0.15, 0.2) is 48.8 Å². The van der Waals surface area contributed by atoms with Crippen LogP contribution in [0.3, 0.4) is 0 Å². The van der Waals surface area contributed by atoms with E-state index in [1.54, 1.807) is 12.4 Å². The maximum atomic E-state index is 8.60. The lowest BCUT2D eigenvalue weighted by molar-refractivity contribution is -1.92. The van der Waals surface area contributed by atoms with Gasteiger partial charge in [-0.3, -0.25) is 9.97 Å². The average molecular weight is 357 g/mol. The predicted molar refractivity (Wildman–Crippen MR) is 51.9 cm³/mol. The van der Waals surface area contributed by atoms with E-state index in [1.165, 1.54) is 0 Å². The van der Waals surface area contributed by atoms with Gasteiger partial charge in [0.15, 0.2) is 0 Å². The topological polar surface area (TPSA) is 205 Å². The zero-order chi connectivity index (χ0) is 17.2. The lowest BCUT2D eigenvalue weighted by atomic mass is 10.2. The third-order valence-corrected chi connectivity index (χ3v) is 1.59. The maximum absolute atomic E-state index is 8.60. The van der Waals surface area contributed by atoms with E-state index in [0.29, 0.717) is 0 Å². The molecule has 0 unspecified atom stereocenters. The molecule has 2 N–H and O–H groups in total. The fourth-order valence-corrected chi connectivity index (χ4v) is 1.03. The smallest absolute Gasteiger partial charge is 0.0886 e. The van der Waals surface area contributed by atoms with E-state index < -0.39 is 20.5 Å². The van der Waals surface area contributed by atoms with Crippen molar-refractivity contribution in [1.82, 2.24) is 9.97 Å². The number of halogens is 2. The van der Waals surface area contributed by atoms with Crippen LogP contribution in [0, 0.1) is 20.5 Å². The number of aromatic nitrogens is 2. The van der Waals surface area contributed by atoms with E-state index in [2.05, 4.69) is 9.97 Å². The fraction of sp³-hybridized carbons (Fsp3) is 0. The first-order valence-electron chi connectivity index (χ1n) is 5.05. The lowest BCUT2D eigenvalue weighted by Crippen LogP contribution is -2.58. The van der Waals surface area contributed by atoms with Crippen LogP contribution in [0.2, 0.25) is 0 Å². The molecule has 0 amide bonds. The largest absolute Gasteiger partial charge is 0.255 e. The summed E-state index contributed by atoms with van der Waals surface area (Å²) in [6, 6.07) is 11.6. The van der Waals surface area contributed by atoms with Crippen LogP contribution in [0.4, 0.5) is 0 Å². The predicted octanol–water partition coefficient (Wildman–Crippen LogP) is -6.10. The van der Waals surface area contributed by atoms with Gasteiger partial charge < -0.3 is 0 Å². The Morgan fingerprint density at radius 1 is 0.636 bits per heavy atom. The van der Waals surface area contributed by atoms with E-state index in [0.717, 1.165) is 11.4 Å². The summed E-state index contributed by atoms with van der Waals surface area (Å²) in [7, 11) is -9.39. The van der Waals surface area contributed by atoms with E-state index in [4.69, 9.17) is 37.3 Å². The van der Waals surface area contributed by atoms with Crippen molar-refractivity contribution >= 4 is 0 Å². The van der Waals surface area contributed by atoms with Gasteiger partial charge in [-0.15, -0.1) is 0 Å². The Labute approximate surface area is 128 Å². The summed E-state index contributed by atoms with van der Waals surface area (Å²) in [5, 5.41) is 0. The minimum Gasteiger partial charge on any atom is -0.255 e. The van der Waals surface area contributed by atoms with Crippen molar-refractivity contribution < 1.29 is 57.8 Å². The van der Waals surface area contributed by atoms with Crippen molar-refractivity contribution in [2.75, 3.05) is 0 Å². The van der Waals surface area contributed by atoms with E-state index in [-0.39, 0.29) is 0 Å². The van der Waals surface area contributed by atoms with Gasteiger partial charge in [-0.2, -0.15) is 28.0 Å². The molecule has 0 aliphatic rings. The minimum atomic E-state index is -4.69. The molecule has 2 rings (SSSR count). The Balaban J connectivity index is 0.000000372. The number of hydrogen-bond acceptors (Lipinski definition) is 10. The van der Waals surface area contributed by atoms with Gasteiger partial charge in [0, 0.05) is 12.4 Å². The second-order valence-corrected chi connectivity index (χ2v) is 4.81. The highest BCUT2D eigenvalue weighted by Gasteiger charge is 1.99. The third-order valence-electron chi connectivity index (χ3n) is 1.59. The lowest BCUT2D eigenvalue weighted by Gasteiger charge is -2.03. The molecular weight excluding hydrogens is 347 g/mol. The Kier molecular flexibility index (Phi) is 8.93. The molecule has 0 fully saturated rings. The van der Waals surface area contributed by atoms with Crippen LogP contribution < -0.4 is 28.0 Å². The van der Waals surface area contributed by atoms with Crippen molar-refractivity contribution in [2.45, 2.75) is 0 Å². The van der Waals surface area contributed by atoms with Crippen LogP contribution >= 0.6 is 0 Å². The second kappa shape index (κ2) is 9.55. The number of rotatable bonds is 1. The average Bonchev–Trinajstić information content (AvgIpc) is 2.37. The maximum Gasteiger partial charge on any atom is 0.0886 e. The first-order valence-corrected chi connectivity index (χ1v) is 7.58. The first kappa shape index (κ1) is 20.6. The summed E-state index contributed by atoms with van der Waals surface area (Å²) >= 11 is 0. The number of hydrogen-bond donors (Lipinski definition) is 2. The quantitative estimate of drug-likeness (QED) is 0.494. The van der Waals surface area contributed by atoms with Crippen LogP contribution in [0.5, 0.6) is 0 Å². The van der Waals surface area contributed by atoms with Crippen molar-refractivity contribution in [1.29, 1.82) is 0 Å². The van der Waals surface area contributed by atoms with Crippen LogP contribution in [0.1, 0.15) is 0 Å². The van der Waals surface area contributed by atoms with Crippen LogP contribution in [0.25, 0.3) is 11.4 Å². The van der Waals surface area contributed by atoms with Gasteiger partial charge in [0.2, 0.25) is 0 Å². The molecule has 22 heavy (non-hydrogen) atoms. The molecule has 2 aromatic heterocycles. The van der Waals surface area contributed by atoms with Crippen LogP contribution in [-0.2, 0) is 0 Å². The summed E-state index contributed by atoms with van der Waals surface area (Å²) in [5.41, 5.74) is 1.83. The van der Waals surface area contributed by atoms with Gasteiger partial charge in [0.1, 0.15) is 0 Å². The summed E-state index contributed by atoms with van der Waals surface area (Å²) in [4.78, 5) is 8.37. The molecule has 12 heteroatoms. The van der Waals surface area contributed by atoms with Gasteiger partial charge in [-0.05, 0) is 24.3 Å². The highest BCUT2D eigenvalue weighted by Crippen LogP contribution is 2.10. The molecule has 2 aromatic rings. The highest BCUT2D eigenvalue weighted by atomic mass is 35.7. The molecule has 10 nitrogen and oxygen atoms in total. The first-order chi connectivity index (χ1) is 9.97. The molecule has 122 valence electrons. The van der Waals surface area contributed by atoms with Crippen molar-refractivity contribution in [3.63, 3.8) is 0 Å². The van der Waals surface area contributed by atoms with Gasteiger partial charge in [-0.25, -0.2) is 0 Å². The monoisotopic (exact) mass is 356 g/mol. The van der Waals surface area contributed by atoms with E-state index >= 15 is 0 Å². The zero-order valence-electron chi connectivity index (χ0n) is 10.6. The summed E-state index contributed by atoms with van der Waals surface area (Å²) in [6.45, 7) is 0. The second-order valence-electron chi connectivity index (χ2n) is 3.22. The van der Waals surface area contributed by atoms with E-state index in [1.807, 2.05) is 36.4 Å². The Hall–Kier alpha value is -1.44. The highest BCUT2D eigenvalue weighted by molar-refractivity contribution is 5.52. The Bertz CT molecular complexity index is 456. The SMILES string of the molecule is [O-][Cl+3]([O-])([O-])O.[O-][Cl+3]([O-])([O-])O.c1ccc(-c2ccccn2)nc1. The van der Waals surface area contributed by atoms with E-state index in [9.17, 15) is 0 Å². The summed E-state index contributed by atoms with van der Waals surface area (Å²) < 4.78 is 65.4. The van der Waals surface area contributed by atoms with Gasteiger partial charge >= 0.3 is 0 Å². The van der Waals surface area contributed by atoms with Crippen molar-refractivity contribution in [3.05, 3.63) is 48.8 Å². The number of nitrogens with zero attached hydrogens (tertiary/aromatic N) is 2. The van der Waals surface area contributed by atoms with Gasteiger partial charge in [0.25, 0.3) is 0 Å².